The molecule has 2 fully saturated rings. The molecule has 0 amide bonds. The molecule has 0 aromatic rings. The van der Waals surface area contributed by atoms with Crippen LogP contribution in [0.1, 0.15) is 32.1 Å². The van der Waals surface area contributed by atoms with Crippen molar-refractivity contribution in [3.05, 3.63) is 12.7 Å². The Labute approximate surface area is 68.4 Å². The molecule has 1 aliphatic heterocycles. The van der Waals surface area contributed by atoms with E-state index >= 15 is 0 Å². The second-order valence-corrected chi connectivity index (χ2v) is 3.82. The Hall–Kier alpha value is -0.300. The van der Waals surface area contributed by atoms with Gasteiger partial charge in [-0.2, -0.15) is 0 Å². The van der Waals surface area contributed by atoms with Crippen molar-refractivity contribution in [2.24, 2.45) is 5.92 Å². The van der Waals surface area contributed by atoms with E-state index < -0.39 is 0 Å². The number of allylic oxidation sites excluding steroid dienone is 1. The predicted octanol–water partition coefficient (Wildman–Crippen LogP) is 2.52. The van der Waals surface area contributed by atoms with E-state index in [2.05, 4.69) is 6.58 Å². The van der Waals surface area contributed by atoms with Gasteiger partial charge in [0.1, 0.15) is 0 Å². The quantitative estimate of drug-likeness (QED) is 0.437. The molecule has 11 heavy (non-hydrogen) atoms. The zero-order valence-corrected chi connectivity index (χ0v) is 7.01. The first-order chi connectivity index (χ1) is 5.37. The fraction of sp³-hybridized carbons (Fsp3) is 0.800. The van der Waals surface area contributed by atoms with Crippen molar-refractivity contribution in [2.75, 3.05) is 6.61 Å². The van der Waals surface area contributed by atoms with Crippen molar-refractivity contribution in [2.45, 2.75) is 37.7 Å². The summed E-state index contributed by atoms with van der Waals surface area (Å²) in [4.78, 5) is 0. The van der Waals surface area contributed by atoms with Gasteiger partial charge in [-0.1, -0.05) is 18.9 Å². The maximum atomic E-state index is 5.55. The largest absolute Gasteiger partial charge is 0.369 e. The molecule has 1 heterocycles. The van der Waals surface area contributed by atoms with Crippen LogP contribution in [0.25, 0.3) is 0 Å². The Morgan fingerprint density at radius 3 is 3.00 bits per heavy atom. The van der Waals surface area contributed by atoms with Gasteiger partial charge in [-0.05, 0) is 25.2 Å². The van der Waals surface area contributed by atoms with E-state index in [1.165, 1.54) is 25.7 Å². The molecule has 0 unspecified atom stereocenters. The molecule has 62 valence electrons. The highest BCUT2D eigenvalue weighted by Crippen LogP contribution is 2.47. The van der Waals surface area contributed by atoms with Gasteiger partial charge in [0.05, 0.1) is 12.2 Å². The number of ether oxygens (including phenoxy) is 1. The second kappa shape index (κ2) is 2.63. The number of hydrogen-bond donors (Lipinski definition) is 0. The normalized spacial score (nSPS) is 42.4. The molecule has 2 aliphatic rings. The predicted molar refractivity (Wildman–Crippen MR) is 45.5 cm³/mol. The van der Waals surface area contributed by atoms with Crippen LogP contribution in [0.4, 0.5) is 0 Å². The third-order valence-electron chi connectivity index (χ3n) is 3.11. The minimum Gasteiger partial charge on any atom is -0.369 e. The fourth-order valence-corrected chi connectivity index (χ4v) is 2.29. The van der Waals surface area contributed by atoms with Crippen LogP contribution in [-0.4, -0.2) is 12.2 Å². The molecule has 1 saturated heterocycles. The molecule has 1 aliphatic carbocycles. The lowest BCUT2D eigenvalue weighted by molar-refractivity contribution is 0.160. The van der Waals surface area contributed by atoms with Gasteiger partial charge in [0.25, 0.3) is 0 Å². The SMILES string of the molecule is C=CC[C@H]1CCCC[C@]12CO2. The van der Waals surface area contributed by atoms with Crippen LogP contribution in [0, 0.1) is 5.92 Å². The topological polar surface area (TPSA) is 12.5 Å². The average Bonchev–Trinajstić information content (AvgIpc) is 2.77. The summed E-state index contributed by atoms with van der Waals surface area (Å²) in [6.45, 7) is 4.81. The second-order valence-electron chi connectivity index (χ2n) is 3.82. The van der Waals surface area contributed by atoms with E-state index in [9.17, 15) is 0 Å². The number of rotatable bonds is 2. The summed E-state index contributed by atoms with van der Waals surface area (Å²) < 4.78 is 5.55. The van der Waals surface area contributed by atoms with E-state index in [-0.39, 0.29) is 0 Å². The molecule has 2 rings (SSSR count). The molecule has 0 radical (unpaired) electrons. The van der Waals surface area contributed by atoms with E-state index in [1.54, 1.807) is 0 Å². The maximum Gasteiger partial charge on any atom is 0.0947 e. The van der Waals surface area contributed by atoms with Crippen molar-refractivity contribution < 1.29 is 4.74 Å². The molecule has 0 aromatic carbocycles. The number of epoxide rings is 1. The van der Waals surface area contributed by atoms with Gasteiger partial charge in [-0.3, -0.25) is 0 Å². The van der Waals surface area contributed by atoms with Crippen LogP contribution in [0.3, 0.4) is 0 Å². The summed E-state index contributed by atoms with van der Waals surface area (Å²) >= 11 is 0. The van der Waals surface area contributed by atoms with Crippen molar-refractivity contribution in [1.29, 1.82) is 0 Å². The molecule has 1 saturated carbocycles. The molecule has 0 aromatic heterocycles. The lowest BCUT2D eigenvalue weighted by Gasteiger charge is -2.27. The van der Waals surface area contributed by atoms with Crippen molar-refractivity contribution >= 4 is 0 Å². The molecular formula is C10H16O. The van der Waals surface area contributed by atoms with Gasteiger partial charge < -0.3 is 4.74 Å². The Balaban J connectivity index is 1.98. The summed E-state index contributed by atoms with van der Waals surface area (Å²) in [5.41, 5.74) is 0.326. The summed E-state index contributed by atoms with van der Waals surface area (Å²) in [5.74, 6) is 0.786. The molecular weight excluding hydrogens is 136 g/mol. The van der Waals surface area contributed by atoms with Crippen molar-refractivity contribution in [3.63, 3.8) is 0 Å². The van der Waals surface area contributed by atoms with Crippen LogP contribution in [0.5, 0.6) is 0 Å². The first-order valence-corrected chi connectivity index (χ1v) is 4.62. The third kappa shape index (κ3) is 1.22. The van der Waals surface area contributed by atoms with Crippen molar-refractivity contribution in [1.82, 2.24) is 0 Å². The molecule has 0 N–H and O–H groups in total. The van der Waals surface area contributed by atoms with Gasteiger partial charge in [0, 0.05) is 0 Å². The Kier molecular flexibility index (Phi) is 1.76. The van der Waals surface area contributed by atoms with Gasteiger partial charge in [0.2, 0.25) is 0 Å². The standard InChI is InChI=1S/C10H16O/c1-2-5-9-6-3-4-7-10(9)8-11-10/h2,9H,1,3-8H2/t9-,10-/m0/s1. The summed E-state index contributed by atoms with van der Waals surface area (Å²) in [6, 6.07) is 0. The summed E-state index contributed by atoms with van der Waals surface area (Å²) in [6.07, 6.45) is 8.61. The van der Waals surface area contributed by atoms with Crippen LogP contribution >= 0.6 is 0 Å². The summed E-state index contributed by atoms with van der Waals surface area (Å²) in [5, 5.41) is 0. The third-order valence-corrected chi connectivity index (χ3v) is 3.11. The smallest absolute Gasteiger partial charge is 0.0947 e. The monoisotopic (exact) mass is 152 g/mol. The van der Waals surface area contributed by atoms with Gasteiger partial charge in [-0.25, -0.2) is 0 Å². The molecule has 1 nitrogen and oxygen atoms in total. The lowest BCUT2D eigenvalue weighted by atomic mass is 9.77. The zero-order valence-electron chi connectivity index (χ0n) is 7.01. The van der Waals surface area contributed by atoms with E-state index in [0.29, 0.717) is 5.60 Å². The Bertz CT molecular complexity index is 158. The average molecular weight is 152 g/mol. The highest BCUT2D eigenvalue weighted by Gasteiger charge is 2.51. The minimum atomic E-state index is 0.326. The van der Waals surface area contributed by atoms with Crippen molar-refractivity contribution in [3.8, 4) is 0 Å². The van der Waals surface area contributed by atoms with E-state index in [0.717, 1.165) is 18.9 Å². The van der Waals surface area contributed by atoms with Gasteiger partial charge in [0.15, 0.2) is 0 Å². The first-order valence-electron chi connectivity index (χ1n) is 4.62. The molecule has 1 heteroatoms. The molecule has 0 bridgehead atoms. The highest BCUT2D eigenvalue weighted by molar-refractivity contribution is 5.02. The van der Waals surface area contributed by atoms with Crippen LogP contribution < -0.4 is 0 Å². The van der Waals surface area contributed by atoms with Crippen LogP contribution in [-0.2, 0) is 4.74 Å². The highest BCUT2D eigenvalue weighted by atomic mass is 16.6. The maximum absolute atomic E-state index is 5.55. The minimum absolute atomic E-state index is 0.326. The zero-order chi connectivity index (χ0) is 7.73. The van der Waals surface area contributed by atoms with Crippen LogP contribution in [0.15, 0.2) is 12.7 Å². The Morgan fingerprint density at radius 2 is 2.36 bits per heavy atom. The van der Waals surface area contributed by atoms with Gasteiger partial charge in [-0.15, -0.1) is 6.58 Å². The Morgan fingerprint density at radius 1 is 1.55 bits per heavy atom. The summed E-state index contributed by atoms with van der Waals surface area (Å²) in [7, 11) is 0. The number of hydrogen-bond acceptors (Lipinski definition) is 1. The van der Waals surface area contributed by atoms with E-state index in [4.69, 9.17) is 4.74 Å². The van der Waals surface area contributed by atoms with Gasteiger partial charge >= 0.3 is 0 Å². The lowest BCUT2D eigenvalue weighted by Crippen LogP contribution is -2.27. The first kappa shape index (κ1) is 7.35. The van der Waals surface area contributed by atoms with Crippen LogP contribution in [0.2, 0.25) is 0 Å². The molecule has 2 atom stereocenters. The molecule has 1 spiro atoms. The van der Waals surface area contributed by atoms with E-state index in [1.807, 2.05) is 6.08 Å². The fourth-order valence-electron chi connectivity index (χ4n) is 2.29.